The fourth-order valence-corrected chi connectivity index (χ4v) is 2.56. The third kappa shape index (κ3) is 6.83. The van der Waals surface area contributed by atoms with Crippen LogP contribution in [-0.2, 0) is 16.0 Å². The number of nitrogens with one attached hydrogen (secondary N) is 2. The number of anilines is 1. The highest BCUT2D eigenvalue weighted by Gasteiger charge is 2.14. The van der Waals surface area contributed by atoms with Crippen molar-refractivity contribution >= 4 is 23.5 Å². The van der Waals surface area contributed by atoms with Crippen molar-refractivity contribution < 1.29 is 23.9 Å². The summed E-state index contributed by atoms with van der Waals surface area (Å²) in [5, 5.41) is 13.9. The zero-order chi connectivity index (χ0) is 20.5. The first-order valence-electron chi connectivity index (χ1n) is 9.00. The van der Waals surface area contributed by atoms with E-state index in [0.29, 0.717) is 24.1 Å². The second-order valence-corrected chi connectivity index (χ2v) is 6.54. The zero-order valence-electron chi connectivity index (χ0n) is 15.6. The number of hydrogen-bond donors (Lipinski definition) is 3. The third-order valence-corrected chi connectivity index (χ3v) is 4.24. The van der Waals surface area contributed by atoms with Gasteiger partial charge in [-0.3, -0.25) is 14.4 Å². The first-order chi connectivity index (χ1) is 13.3. The topological polar surface area (TPSA) is 95.5 Å². The van der Waals surface area contributed by atoms with Gasteiger partial charge in [-0.15, -0.1) is 0 Å². The molecular formula is C21H23FN2O4. The molecule has 0 aliphatic carbocycles. The number of aliphatic carboxylic acids is 1. The highest BCUT2D eigenvalue weighted by Crippen LogP contribution is 2.15. The molecule has 28 heavy (non-hydrogen) atoms. The van der Waals surface area contributed by atoms with E-state index in [-0.39, 0.29) is 36.5 Å². The minimum absolute atomic E-state index is 0.0511. The van der Waals surface area contributed by atoms with Crippen molar-refractivity contribution in [3.05, 3.63) is 65.5 Å². The Morgan fingerprint density at radius 2 is 1.82 bits per heavy atom. The molecule has 0 saturated heterocycles. The molecule has 0 heterocycles. The molecule has 0 spiro atoms. The number of carbonyl (C=O) groups is 3. The minimum Gasteiger partial charge on any atom is -0.481 e. The van der Waals surface area contributed by atoms with Crippen LogP contribution in [0.1, 0.15) is 35.7 Å². The predicted molar refractivity (Wildman–Crippen MR) is 104 cm³/mol. The Bertz CT molecular complexity index is 837. The molecule has 0 saturated carbocycles. The molecule has 7 heteroatoms. The summed E-state index contributed by atoms with van der Waals surface area (Å²) in [6.07, 6.45) is 1.04. The van der Waals surface area contributed by atoms with Crippen LogP contribution in [0.2, 0.25) is 0 Å². The lowest BCUT2D eigenvalue weighted by molar-refractivity contribution is -0.136. The van der Waals surface area contributed by atoms with Gasteiger partial charge >= 0.3 is 5.97 Å². The molecule has 1 unspecified atom stereocenters. The summed E-state index contributed by atoms with van der Waals surface area (Å²) in [5.74, 6) is -2.06. The molecule has 0 aromatic heterocycles. The molecule has 2 amide bonds. The van der Waals surface area contributed by atoms with E-state index < -0.39 is 5.97 Å². The molecule has 0 aliphatic heterocycles. The average molecular weight is 386 g/mol. The Labute approximate surface area is 162 Å². The van der Waals surface area contributed by atoms with E-state index in [1.54, 1.807) is 37.3 Å². The van der Waals surface area contributed by atoms with Crippen molar-refractivity contribution in [1.82, 2.24) is 5.32 Å². The van der Waals surface area contributed by atoms with Crippen LogP contribution in [0.5, 0.6) is 0 Å². The number of carboxylic acids is 1. The van der Waals surface area contributed by atoms with Gasteiger partial charge in [0.2, 0.25) is 5.91 Å². The first-order valence-corrected chi connectivity index (χ1v) is 9.00. The van der Waals surface area contributed by atoms with Crippen molar-refractivity contribution in [3.8, 4) is 0 Å². The van der Waals surface area contributed by atoms with Gasteiger partial charge in [0.05, 0.1) is 6.42 Å². The van der Waals surface area contributed by atoms with E-state index >= 15 is 0 Å². The molecule has 2 aromatic rings. The molecule has 0 fully saturated rings. The lowest BCUT2D eigenvalue weighted by Crippen LogP contribution is -2.26. The molecule has 1 atom stereocenters. The van der Waals surface area contributed by atoms with E-state index in [1.807, 2.05) is 6.07 Å². The summed E-state index contributed by atoms with van der Waals surface area (Å²) in [4.78, 5) is 34.7. The summed E-state index contributed by atoms with van der Waals surface area (Å²) in [6.45, 7) is 1.86. The Morgan fingerprint density at radius 1 is 1.11 bits per heavy atom. The second-order valence-electron chi connectivity index (χ2n) is 6.54. The number of carboxylic acid groups (broad SMARTS) is 1. The monoisotopic (exact) mass is 386 g/mol. The first kappa shape index (κ1) is 21.1. The van der Waals surface area contributed by atoms with E-state index in [2.05, 4.69) is 10.6 Å². The van der Waals surface area contributed by atoms with Gasteiger partial charge in [0, 0.05) is 23.7 Å². The van der Waals surface area contributed by atoms with Gasteiger partial charge in [-0.05, 0) is 54.8 Å². The van der Waals surface area contributed by atoms with Crippen molar-refractivity contribution in [3.63, 3.8) is 0 Å². The van der Waals surface area contributed by atoms with Gasteiger partial charge in [-0.1, -0.05) is 19.1 Å². The Balaban J connectivity index is 1.82. The quantitative estimate of drug-likeness (QED) is 0.617. The number of aryl methyl sites for hydroxylation is 1. The fourth-order valence-electron chi connectivity index (χ4n) is 2.56. The molecule has 2 rings (SSSR count). The summed E-state index contributed by atoms with van der Waals surface area (Å²) in [7, 11) is 0. The van der Waals surface area contributed by atoms with Crippen molar-refractivity contribution in [2.45, 2.75) is 26.2 Å². The third-order valence-electron chi connectivity index (χ3n) is 4.24. The summed E-state index contributed by atoms with van der Waals surface area (Å²) in [6, 6.07) is 12.7. The van der Waals surface area contributed by atoms with Crippen LogP contribution < -0.4 is 10.6 Å². The summed E-state index contributed by atoms with van der Waals surface area (Å²) >= 11 is 0. The molecule has 0 radical (unpaired) electrons. The molecule has 0 aliphatic rings. The van der Waals surface area contributed by atoms with Gasteiger partial charge in [-0.25, -0.2) is 4.39 Å². The van der Waals surface area contributed by atoms with Crippen LogP contribution >= 0.6 is 0 Å². The Kier molecular flexibility index (Phi) is 7.68. The van der Waals surface area contributed by atoms with Gasteiger partial charge in [0.15, 0.2) is 0 Å². The smallest absolute Gasteiger partial charge is 0.305 e. The Hall–Kier alpha value is -3.22. The van der Waals surface area contributed by atoms with Crippen LogP contribution in [-0.4, -0.2) is 29.4 Å². The molecule has 2 aromatic carbocycles. The van der Waals surface area contributed by atoms with E-state index in [0.717, 1.165) is 5.56 Å². The van der Waals surface area contributed by atoms with Crippen LogP contribution in [0.15, 0.2) is 48.5 Å². The molecule has 6 nitrogen and oxygen atoms in total. The van der Waals surface area contributed by atoms with E-state index in [9.17, 15) is 18.8 Å². The number of hydrogen-bond acceptors (Lipinski definition) is 3. The normalized spacial score (nSPS) is 11.5. The average Bonchev–Trinajstić information content (AvgIpc) is 2.66. The SMILES string of the molecule is CC(CCc1cccc(F)c1)C(=O)Nc1ccc(C(=O)NCCC(=O)O)cc1. The number of halogens is 1. The number of carbonyl (C=O) groups excluding carboxylic acids is 2. The minimum atomic E-state index is -0.982. The van der Waals surface area contributed by atoms with Crippen LogP contribution in [0, 0.1) is 11.7 Å². The maximum Gasteiger partial charge on any atom is 0.305 e. The Morgan fingerprint density at radius 3 is 2.46 bits per heavy atom. The van der Waals surface area contributed by atoms with Gasteiger partial charge in [-0.2, -0.15) is 0 Å². The van der Waals surface area contributed by atoms with E-state index in [4.69, 9.17) is 5.11 Å². The van der Waals surface area contributed by atoms with Crippen molar-refractivity contribution in [2.75, 3.05) is 11.9 Å². The van der Waals surface area contributed by atoms with Crippen LogP contribution in [0.4, 0.5) is 10.1 Å². The second kappa shape index (κ2) is 10.2. The van der Waals surface area contributed by atoms with Crippen LogP contribution in [0.25, 0.3) is 0 Å². The van der Waals surface area contributed by atoms with Crippen LogP contribution in [0.3, 0.4) is 0 Å². The maximum absolute atomic E-state index is 13.2. The molecule has 0 bridgehead atoms. The molecular weight excluding hydrogens is 363 g/mol. The number of rotatable bonds is 9. The highest BCUT2D eigenvalue weighted by molar-refractivity contribution is 5.96. The zero-order valence-corrected chi connectivity index (χ0v) is 15.6. The van der Waals surface area contributed by atoms with E-state index in [1.165, 1.54) is 12.1 Å². The summed E-state index contributed by atoms with van der Waals surface area (Å²) in [5.41, 5.74) is 1.78. The standard InChI is InChI=1S/C21H23FN2O4/c1-14(5-6-15-3-2-4-17(22)13-15)20(27)24-18-9-7-16(8-10-18)21(28)23-12-11-19(25)26/h2-4,7-10,13-14H,5-6,11-12H2,1H3,(H,23,28)(H,24,27)(H,25,26). The predicted octanol–water partition coefficient (Wildman–Crippen LogP) is 3.24. The number of amides is 2. The largest absolute Gasteiger partial charge is 0.481 e. The maximum atomic E-state index is 13.2. The van der Waals surface area contributed by atoms with Crippen molar-refractivity contribution in [1.29, 1.82) is 0 Å². The fraction of sp³-hybridized carbons (Fsp3) is 0.286. The molecule has 3 N–H and O–H groups in total. The van der Waals surface area contributed by atoms with Gasteiger partial charge < -0.3 is 15.7 Å². The highest BCUT2D eigenvalue weighted by atomic mass is 19.1. The molecule has 148 valence electrons. The van der Waals surface area contributed by atoms with Crippen molar-refractivity contribution in [2.24, 2.45) is 5.92 Å². The lowest BCUT2D eigenvalue weighted by Gasteiger charge is -2.13. The number of benzene rings is 2. The van der Waals surface area contributed by atoms with Gasteiger partial charge in [0.1, 0.15) is 5.82 Å². The summed E-state index contributed by atoms with van der Waals surface area (Å²) < 4.78 is 13.2. The lowest BCUT2D eigenvalue weighted by atomic mass is 10.00. The van der Waals surface area contributed by atoms with Gasteiger partial charge in [0.25, 0.3) is 5.91 Å².